The molecule has 5 unspecified atom stereocenters. The molecule has 7 rings (SSSR count). The SMILES string of the molecule is CC(C)CC1(C2(C3CCC3C(C)(C)C34CC5CC(CC3C5)C4)CCC2)C=CC1(C)C. The van der Waals surface area contributed by atoms with Crippen molar-refractivity contribution in [1.29, 1.82) is 0 Å². The third kappa shape index (κ3) is 2.16. The Kier molecular flexibility index (Phi) is 4.07. The largest absolute Gasteiger partial charge is 0.0814 e. The van der Waals surface area contributed by atoms with E-state index >= 15 is 0 Å². The quantitative estimate of drug-likeness (QED) is 0.386. The van der Waals surface area contributed by atoms with Gasteiger partial charge in [-0.2, -0.15) is 0 Å². The van der Waals surface area contributed by atoms with E-state index in [9.17, 15) is 0 Å². The van der Waals surface area contributed by atoms with Crippen LogP contribution in [0, 0.1) is 62.6 Å². The van der Waals surface area contributed by atoms with Crippen molar-refractivity contribution in [1.82, 2.24) is 0 Å². The Morgan fingerprint density at radius 2 is 1.60 bits per heavy atom. The maximum Gasteiger partial charge on any atom is 0.00291 e. The minimum absolute atomic E-state index is 0.394. The van der Waals surface area contributed by atoms with E-state index in [-0.39, 0.29) is 0 Å². The molecule has 0 N–H and O–H groups in total. The van der Waals surface area contributed by atoms with Gasteiger partial charge in [0.05, 0.1) is 0 Å². The molecular weight excluding hydrogens is 360 g/mol. The van der Waals surface area contributed by atoms with Crippen LogP contribution in [0.5, 0.6) is 0 Å². The van der Waals surface area contributed by atoms with Crippen molar-refractivity contribution in [3.05, 3.63) is 12.2 Å². The second-order valence-electron chi connectivity index (χ2n) is 14.8. The summed E-state index contributed by atoms with van der Waals surface area (Å²) in [4.78, 5) is 0. The van der Waals surface area contributed by atoms with Gasteiger partial charge in [-0.1, -0.05) is 60.1 Å². The number of hydrogen-bond acceptors (Lipinski definition) is 0. The van der Waals surface area contributed by atoms with Crippen molar-refractivity contribution in [2.24, 2.45) is 62.6 Å². The molecule has 4 bridgehead atoms. The fourth-order valence-electron chi connectivity index (χ4n) is 11.6. The second kappa shape index (κ2) is 5.99. The topological polar surface area (TPSA) is 0 Å². The highest BCUT2D eigenvalue weighted by molar-refractivity contribution is 5.32. The summed E-state index contributed by atoms with van der Waals surface area (Å²) in [7, 11) is 0. The molecule has 0 heteroatoms. The third-order valence-corrected chi connectivity index (χ3v) is 13.0. The molecule has 6 saturated carbocycles. The van der Waals surface area contributed by atoms with E-state index in [1.54, 1.807) is 32.1 Å². The molecule has 168 valence electrons. The van der Waals surface area contributed by atoms with Gasteiger partial charge in [0.25, 0.3) is 0 Å². The Labute approximate surface area is 187 Å². The molecule has 0 aromatic heterocycles. The summed E-state index contributed by atoms with van der Waals surface area (Å²) in [5.74, 6) is 6.07. The Balaban J connectivity index is 1.35. The van der Waals surface area contributed by atoms with Gasteiger partial charge >= 0.3 is 0 Å². The van der Waals surface area contributed by atoms with Crippen LogP contribution in [0.3, 0.4) is 0 Å². The summed E-state index contributed by atoms with van der Waals surface area (Å²) in [5.41, 5.74) is 2.75. The molecule has 6 fully saturated rings. The molecule has 0 spiro atoms. The zero-order valence-corrected chi connectivity index (χ0v) is 20.9. The molecule has 7 aliphatic carbocycles. The molecule has 30 heavy (non-hydrogen) atoms. The first-order valence-corrected chi connectivity index (χ1v) is 13.8. The fourth-order valence-corrected chi connectivity index (χ4v) is 11.6. The van der Waals surface area contributed by atoms with Crippen LogP contribution in [0.15, 0.2) is 12.2 Å². The van der Waals surface area contributed by atoms with E-state index in [1.165, 1.54) is 38.5 Å². The molecule has 5 atom stereocenters. The van der Waals surface area contributed by atoms with Gasteiger partial charge < -0.3 is 0 Å². The van der Waals surface area contributed by atoms with Gasteiger partial charge in [-0.15, -0.1) is 0 Å². The van der Waals surface area contributed by atoms with Crippen molar-refractivity contribution in [2.45, 2.75) is 112 Å². The highest BCUT2D eigenvalue weighted by Crippen LogP contribution is 2.79. The van der Waals surface area contributed by atoms with Crippen LogP contribution in [0.25, 0.3) is 0 Å². The predicted molar refractivity (Wildman–Crippen MR) is 127 cm³/mol. The van der Waals surface area contributed by atoms with E-state index < -0.39 is 0 Å². The van der Waals surface area contributed by atoms with E-state index in [1.807, 2.05) is 0 Å². The standard InChI is InChI=1S/C30H48/c1-20(2)17-30(13-12-26(30,3)4)28(10-7-11-28)25-9-8-24(25)27(5,6)29-18-21-14-22(19-29)16-23(29)15-21/h12-13,20-25H,7-11,14-19H2,1-6H3. The van der Waals surface area contributed by atoms with Crippen LogP contribution in [0.1, 0.15) is 112 Å². The first kappa shape index (κ1) is 20.4. The Morgan fingerprint density at radius 1 is 0.933 bits per heavy atom. The van der Waals surface area contributed by atoms with Crippen LogP contribution < -0.4 is 0 Å². The average molecular weight is 409 g/mol. The summed E-state index contributed by atoms with van der Waals surface area (Å²) in [6, 6.07) is 0. The minimum atomic E-state index is 0.394. The minimum Gasteiger partial charge on any atom is -0.0814 e. The molecule has 7 aliphatic rings. The van der Waals surface area contributed by atoms with Gasteiger partial charge in [0.1, 0.15) is 0 Å². The number of allylic oxidation sites excluding steroid dienone is 2. The fraction of sp³-hybridized carbons (Fsp3) is 0.933. The number of hydrogen-bond donors (Lipinski definition) is 0. The summed E-state index contributed by atoms with van der Waals surface area (Å²) in [6.07, 6.45) is 22.3. The van der Waals surface area contributed by atoms with Crippen LogP contribution in [-0.2, 0) is 0 Å². The highest BCUT2D eigenvalue weighted by atomic mass is 14.8. The van der Waals surface area contributed by atoms with Gasteiger partial charge in [0.2, 0.25) is 0 Å². The van der Waals surface area contributed by atoms with Gasteiger partial charge in [-0.05, 0) is 121 Å². The Bertz CT molecular complexity index is 732. The van der Waals surface area contributed by atoms with Crippen LogP contribution in [0.2, 0.25) is 0 Å². The summed E-state index contributed by atoms with van der Waals surface area (Å²) < 4.78 is 0. The lowest BCUT2D eigenvalue weighted by Crippen LogP contribution is -2.65. The highest BCUT2D eigenvalue weighted by Gasteiger charge is 2.71. The van der Waals surface area contributed by atoms with Gasteiger partial charge in [0, 0.05) is 5.41 Å². The Hall–Kier alpha value is -0.260. The average Bonchev–Trinajstić information content (AvgIpc) is 2.99. The van der Waals surface area contributed by atoms with Crippen molar-refractivity contribution < 1.29 is 0 Å². The summed E-state index contributed by atoms with van der Waals surface area (Å²) in [5, 5.41) is 0. The van der Waals surface area contributed by atoms with Gasteiger partial charge in [0.15, 0.2) is 0 Å². The van der Waals surface area contributed by atoms with Crippen LogP contribution >= 0.6 is 0 Å². The predicted octanol–water partition coefficient (Wildman–Crippen LogP) is 8.66. The molecule has 0 amide bonds. The lowest BCUT2D eigenvalue weighted by atomic mass is 9.31. The molecule has 0 aromatic rings. The van der Waals surface area contributed by atoms with Crippen molar-refractivity contribution in [3.8, 4) is 0 Å². The lowest BCUT2D eigenvalue weighted by Gasteiger charge is -2.73. The Morgan fingerprint density at radius 3 is 2.00 bits per heavy atom. The lowest BCUT2D eigenvalue weighted by molar-refractivity contribution is -0.209. The van der Waals surface area contributed by atoms with Crippen molar-refractivity contribution in [3.63, 3.8) is 0 Å². The summed E-state index contributed by atoms with van der Waals surface area (Å²) >= 11 is 0. The van der Waals surface area contributed by atoms with Gasteiger partial charge in [-0.3, -0.25) is 0 Å². The van der Waals surface area contributed by atoms with Crippen molar-refractivity contribution in [2.75, 3.05) is 0 Å². The van der Waals surface area contributed by atoms with Gasteiger partial charge in [-0.25, -0.2) is 0 Å². The maximum atomic E-state index is 2.77. The zero-order valence-electron chi connectivity index (χ0n) is 20.9. The molecule has 0 radical (unpaired) electrons. The molecular formula is C30H48. The second-order valence-corrected chi connectivity index (χ2v) is 14.8. The molecule has 0 heterocycles. The van der Waals surface area contributed by atoms with Crippen LogP contribution in [0.4, 0.5) is 0 Å². The normalized spacial score (nSPS) is 49.8. The monoisotopic (exact) mass is 408 g/mol. The zero-order chi connectivity index (χ0) is 21.2. The first-order chi connectivity index (χ1) is 14.1. The third-order valence-electron chi connectivity index (χ3n) is 13.0. The van der Waals surface area contributed by atoms with E-state index in [2.05, 4.69) is 53.7 Å². The van der Waals surface area contributed by atoms with E-state index in [0.29, 0.717) is 27.1 Å². The van der Waals surface area contributed by atoms with E-state index in [0.717, 1.165) is 35.5 Å². The van der Waals surface area contributed by atoms with E-state index in [4.69, 9.17) is 0 Å². The maximum absolute atomic E-state index is 2.77. The van der Waals surface area contributed by atoms with Crippen LogP contribution in [-0.4, -0.2) is 0 Å². The molecule has 0 nitrogen and oxygen atoms in total. The molecule has 0 aliphatic heterocycles. The van der Waals surface area contributed by atoms with Crippen molar-refractivity contribution >= 4 is 0 Å². The first-order valence-electron chi connectivity index (χ1n) is 13.8. The summed E-state index contributed by atoms with van der Waals surface area (Å²) in [6.45, 7) is 15.7. The molecule has 0 saturated heterocycles. The molecule has 0 aromatic carbocycles. The number of rotatable bonds is 6. The smallest absolute Gasteiger partial charge is 0.00291 e.